The van der Waals surface area contributed by atoms with Gasteiger partial charge in [-0.1, -0.05) is 0 Å². The highest BCUT2D eigenvalue weighted by Crippen LogP contribution is 2.50. The van der Waals surface area contributed by atoms with E-state index in [0.29, 0.717) is 6.04 Å². The number of hydrogen-bond acceptors (Lipinski definition) is 1. The van der Waals surface area contributed by atoms with Gasteiger partial charge < -0.3 is 5.73 Å². The van der Waals surface area contributed by atoms with E-state index in [0.717, 1.165) is 11.8 Å². The van der Waals surface area contributed by atoms with Crippen molar-refractivity contribution in [2.75, 3.05) is 0 Å². The normalized spacial score (nSPS) is 57.0. The zero-order chi connectivity index (χ0) is 4.85. The summed E-state index contributed by atoms with van der Waals surface area (Å²) in [7, 11) is 0. The molecule has 0 aromatic carbocycles. The van der Waals surface area contributed by atoms with Crippen LogP contribution in [0.3, 0.4) is 0 Å². The Morgan fingerprint density at radius 2 is 1.57 bits per heavy atom. The lowest BCUT2D eigenvalue weighted by Gasteiger charge is -1.99. The SMILES string of the molecule is NC1CC2CC2C1. The quantitative estimate of drug-likeness (QED) is 0.474. The molecule has 0 aromatic heterocycles. The van der Waals surface area contributed by atoms with Gasteiger partial charge in [-0.3, -0.25) is 0 Å². The molecule has 7 heavy (non-hydrogen) atoms. The van der Waals surface area contributed by atoms with E-state index in [9.17, 15) is 0 Å². The Hall–Kier alpha value is -0.0400. The third-order valence-electron chi connectivity index (χ3n) is 2.28. The number of rotatable bonds is 0. The molecule has 40 valence electrons. The molecule has 2 aliphatic carbocycles. The zero-order valence-corrected chi connectivity index (χ0v) is 4.43. The van der Waals surface area contributed by atoms with Crippen LogP contribution >= 0.6 is 0 Å². The second-order valence-electron chi connectivity index (χ2n) is 2.99. The monoisotopic (exact) mass is 97.1 g/mol. The van der Waals surface area contributed by atoms with Crippen LogP contribution in [-0.4, -0.2) is 6.04 Å². The minimum absolute atomic E-state index is 0.573. The van der Waals surface area contributed by atoms with E-state index in [1.165, 1.54) is 19.3 Å². The van der Waals surface area contributed by atoms with Crippen molar-refractivity contribution in [3.8, 4) is 0 Å². The third kappa shape index (κ3) is 0.480. The Morgan fingerprint density at radius 1 is 1.00 bits per heavy atom. The van der Waals surface area contributed by atoms with Crippen molar-refractivity contribution >= 4 is 0 Å². The maximum absolute atomic E-state index is 5.66. The second kappa shape index (κ2) is 1.03. The van der Waals surface area contributed by atoms with Crippen molar-refractivity contribution < 1.29 is 0 Å². The molecule has 0 aliphatic heterocycles. The van der Waals surface area contributed by atoms with Crippen molar-refractivity contribution in [3.05, 3.63) is 0 Å². The fourth-order valence-electron chi connectivity index (χ4n) is 1.76. The summed E-state index contributed by atoms with van der Waals surface area (Å²) in [6.07, 6.45) is 4.14. The summed E-state index contributed by atoms with van der Waals surface area (Å²) in [4.78, 5) is 0. The fraction of sp³-hybridized carbons (Fsp3) is 1.00. The van der Waals surface area contributed by atoms with Crippen LogP contribution in [0.5, 0.6) is 0 Å². The summed E-state index contributed by atoms with van der Waals surface area (Å²) >= 11 is 0. The Labute approximate surface area is 43.9 Å². The summed E-state index contributed by atoms with van der Waals surface area (Å²) in [6, 6.07) is 0.573. The van der Waals surface area contributed by atoms with Gasteiger partial charge in [0.25, 0.3) is 0 Å². The van der Waals surface area contributed by atoms with Crippen molar-refractivity contribution in [1.82, 2.24) is 0 Å². The molecule has 0 heterocycles. The van der Waals surface area contributed by atoms with Gasteiger partial charge in [-0.2, -0.15) is 0 Å². The molecular weight excluding hydrogens is 86.1 g/mol. The average molecular weight is 97.2 g/mol. The maximum Gasteiger partial charge on any atom is 0.00443 e. The molecule has 2 saturated carbocycles. The van der Waals surface area contributed by atoms with Gasteiger partial charge in [0.2, 0.25) is 0 Å². The molecule has 2 atom stereocenters. The Balaban J connectivity index is 2.02. The van der Waals surface area contributed by atoms with Crippen molar-refractivity contribution in [2.24, 2.45) is 17.6 Å². The van der Waals surface area contributed by atoms with Gasteiger partial charge in [-0.15, -0.1) is 0 Å². The predicted molar refractivity (Wildman–Crippen MR) is 28.8 cm³/mol. The smallest absolute Gasteiger partial charge is 0.00443 e. The van der Waals surface area contributed by atoms with E-state index >= 15 is 0 Å². The van der Waals surface area contributed by atoms with Gasteiger partial charge in [0.05, 0.1) is 0 Å². The van der Waals surface area contributed by atoms with E-state index in [4.69, 9.17) is 5.73 Å². The molecule has 1 heteroatoms. The first-order chi connectivity index (χ1) is 3.36. The molecule has 0 amide bonds. The van der Waals surface area contributed by atoms with E-state index in [1.54, 1.807) is 0 Å². The summed E-state index contributed by atoms with van der Waals surface area (Å²) in [5, 5.41) is 0. The summed E-state index contributed by atoms with van der Waals surface area (Å²) in [5.74, 6) is 2.13. The largest absolute Gasteiger partial charge is 0.328 e. The second-order valence-corrected chi connectivity index (χ2v) is 2.99. The zero-order valence-electron chi connectivity index (χ0n) is 4.43. The molecular formula is C6H11N. The summed E-state index contributed by atoms with van der Waals surface area (Å²) in [5.41, 5.74) is 5.66. The van der Waals surface area contributed by atoms with Gasteiger partial charge in [0, 0.05) is 6.04 Å². The van der Waals surface area contributed by atoms with Gasteiger partial charge in [-0.25, -0.2) is 0 Å². The molecule has 0 spiro atoms. The van der Waals surface area contributed by atoms with Crippen LogP contribution in [0, 0.1) is 11.8 Å². The third-order valence-corrected chi connectivity index (χ3v) is 2.28. The Bertz CT molecular complexity index is 80.2. The van der Waals surface area contributed by atoms with Gasteiger partial charge in [0.1, 0.15) is 0 Å². The molecule has 2 N–H and O–H groups in total. The minimum atomic E-state index is 0.573. The van der Waals surface area contributed by atoms with Crippen LogP contribution in [0.4, 0.5) is 0 Å². The van der Waals surface area contributed by atoms with Crippen LogP contribution in [0.15, 0.2) is 0 Å². The van der Waals surface area contributed by atoms with Crippen LogP contribution in [-0.2, 0) is 0 Å². The van der Waals surface area contributed by atoms with Crippen LogP contribution in [0.25, 0.3) is 0 Å². The molecule has 0 saturated heterocycles. The minimum Gasteiger partial charge on any atom is -0.328 e. The topological polar surface area (TPSA) is 26.0 Å². The first-order valence-corrected chi connectivity index (χ1v) is 3.12. The average Bonchev–Trinajstić information content (AvgIpc) is 2.15. The molecule has 0 aromatic rings. The molecule has 1 nitrogen and oxygen atoms in total. The van der Waals surface area contributed by atoms with Crippen molar-refractivity contribution in [3.63, 3.8) is 0 Å². The van der Waals surface area contributed by atoms with E-state index in [-0.39, 0.29) is 0 Å². The molecule has 2 rings (SSSR count). The predicted octanol–water partition coefficient (Wildman–Crippen LogP) is 0.744. The first-order valence-electron chi connectivity index (χ1n) is 3.12. The van der Waals surface area contributed by atoms with Gasteiger partial charge in [0.15, 0.2) is 0 Å². The van der Waals surface area contributed by atoms with Gasteiger partial charge in [-0.05, 0) is 31.1 Å². The highest BCUT2D eigenvalue weighted by Gasteiger charge is 2.44. The van der Waals surface area contributed by atoms with Crippen molar-refractivity contribution in [2.45, 2.75) is 25.3 Å². The van der Waals surface area contributed by atoms with Crippen LogP contribution in [0.1, 0.15) is 19.3 Å². The Morgan fingerprint density at radius 3 is 1.86 bits per heavy atom. The number of nitrogens with two attached hydrogens (primary N) is 1. The van der Waals surface area contributed by atoms with E-state index < -0.39 is 0 Å². The first kappa shape index (κ1) is 3.90. The highest BCUT2D eigenvalue weighted by molar-refractivity contribution is 4.97. The van der Waals surface area contributed by atoms with Crippen molar-refractivity contribution in [1.29, 1.82) is 0 Å². The Kier molecular flexibility index (Phi) is 0.571. The van der Waals surface area contributed by atoms with Crippen LogP contribution < -0.4 is 5.73 Å². The van der Waals surface area contributed by atoms with Gasteiger partial charge >= 0.3 is 0 Å². The molecule has 0 bridgehead atoms. The van der Waals surface area contributed by atoms with E-state index in [2.05, 4.69) is 0 Å². The lowest BCUT2D eigenvalue weighted by molar-refractivity contribution is 0.614. The number of hydrogen-bond donors (Lipinski definition) is 1. The van der Waals surface area contributed by atoms with E-state index in [1.807, 2.05) is 0 Å². The summed E-state index contributed by atoms with van der Waals surface area (Å²) in [6.45, 7) is 0. The fourth-order valence-corrected chi connectivity index (χ4v) is 1.76. The maximum atomic E-state index is 5.66. The molecule has 2 fully saturated rings. The summed E-state index contributed by atoms with van der Waals surface area (Å²) < 4.78 is 0. The molecule has 2 unspecified atom stereocenters. The molecule has 2 aliphatic rings. The molecule has 0 radical (unpaired) electrons. The lowest BCUT2D eigenvalue weighted by atomic mass is 10.2. The standard InChI is InChI=1S/C6H11N/c7-6-2-4-1-5(4)3-6/h4-6H,1-3,7H2. The number of fused-ring (bicyclic) bond motifs is 1. The highest BCUT2D eigenvalue weighted by atomic mass is 14.7. The van der Waals surface area contributed by atoms with Crippen LogP contribution in [0.2, 0.25) is 0 Å². The lowest BCUT2D eigenvalue weighted by Crippen LogP contribution is -2.16.